The molecule has 0 bridgehead atoms. The lowest BCUT2D eigenvalue weighted by Gasteiger charge is -2.32. The van der Waals surface area contributed by atoms with Gasteiger partial charge < -0.3 is 5.11 Å². The molecule has 20 heavy (non-hydrogen) atoms. The summed E-state index contributed by atoms with van der Waals surface area (Å²) in [5.41, 5.74) is 2.05. The Kier molecular flexibility index (Phi) is 3.78. The molecule has 1 N–H and O–H groups in total. The van der Waals surface area contributed by atoms with E-state index in [0.717, 1.165) is 28.6 Å². The molecule has 3 nitrogen and oxygen atoms in total. The van der Waals surface area contributed by atoms with Crippen LogP contribution in [0.5, 0.6) is 0 Å². The molecule has 1 aliphatic heterocycles. The Bertz CT molecular complexity index is 640. The number of aliphatic carboxylic acids is 1. The van der Waals surface area contributed by atoms with Crippen molar-refractivity contribution in [2.45, 2.75) is 19.0 Å². The van der Waals surface area contributed by atoms with E-state index in [1.165, 1.54) is 4.88 Å². The molecular formula is C15H14ClNO2S. The first-order valence-corrected chi connectivity index (χ1v) is 7.60. The molecule has 104 valence electrons. The molecule has 0 amide bonds. The van der Waals surface area contributed by atoms with Crippen molar-refractivity contribution in [3.63, 3.8) is 0 Å². The van der Waals surface area contributed by atoms with Crippen LogP contribution >= 0.6 is 22.9 Å². The van der Waals surface area contributed by atoms with Crippen LogP contribution < -0.4 is 0 Å². The number of rotatable bonds is 3. The van der Waals surface area contributed by atoms with Gasteiger partial charge in [-0.1, -0.05) is 35.9 Å². The molecule has 1 aromatic heterocycles. The highest BCUT2D eigenvalue weighted by molar-refractivity contribution is 7.16. The fraction of sp³-hybridized carbons (Fsp3) is 0.267. The molecule has 3 rings (SSSR count). The second-order valence-corrected chi connectivity index (χ2v) is 6.76. The molecule has 1 unspecified atom stereocenters. The fourth-order valence-electron chi connectivity index (χ4n) is 2.67. The second kappa shape index (κ2) is 5.56. The first kappa shape index (κ1) is 13.6. The van der Waals surface area contributed by atoms with Crippen LogP contribution in [0.1, 0.15) is 21.9 Å². The average Bonchev–Trinajstić information content (AvgIpc) is 2.83. The highest BCUT2D eigenvalue weighted by Crippen LogP contribution is 2.31. The van der Waals surface area contributed by atoms with Gasteiger partial charge in [0.15, 0.2) is 0 Å². The highest BCUT2D eigenvalue weighted by Gasteiger charge is 2.30. The van der Waals surface area contributed by atoms with Gasteiger partial charge in [0, 0.05) is 24.5 Å². The zero-order valence-electron chi connectivity index (χ0n) is 10.8. The minimum absolute atomic E-state index is 0.449. The predicted molar refractivity (Wildman–Crippen MR) is 80.3 cm³/mol. The average molecular weight is 308 g/mol. The largest absolute Gasteiger partial charge is 0.481 e. The quantitative estimate of drug-likeness (QED) is 0.942. The van der Waals surface area contributed by atoms with E-state index in [-0.39, 0.29) is 0 Å². The standard InChI is InChI=1S/C15H14ClNO2S/c16-14-6-5-11(20-14)8-17-7-10-3-1-2-4-12(10)13(9-17)15(18)19/h1-6,13H,7-9H2,(H,18,19). The Morgan fingerprint density at radius 2 is 2.15 bits per heavy atom. The first-order chi connectivity index (χ1) is 9.63. The van der Waals surface area contributed by atoms with Gasteiger partial charge >= 0.3 is 5.97 Å². The third kappa shape index (κ3) is 2.73. The van der Waals surface area contributed by atoms with Crippen molar-refractivity contribution in [3.05, 3.63) is 56.7 Å². The zero-order valence-corrected chi connectivity index (χ0v) is 12.3. The van der Waals surface area contributed by atoms with Crippen LogP contribution in [0.3, 0.4) is 0 Å². The molecule has 1 aliphatic rings. The summed E-state index contributed by atoms with van der Waals surface area (Å²) in [6, 6.07) is 11.7. The molecule has 5 heteroatoms. The molecule has 2 heterocycles. The van der Waals surface area contributed by atoms with Crippen LogP contribution in [-0.4, -0.2) is 22.5 Å². The molecular weight excluding hydrogens is 294 g/mol. The number of carboxylic acids is 1. The smallest absolute Gasteiger partial charge is 0.312 e. The van der Waals surface area contributed by atoms with E-state index < -0.39 is 11.9 Å². The van der Waals surface area contributed by atoms with Gasteiger partial charge in [-0.15, -0.1) is 11.3 Å². The van der Waals surface area contributed by atoms with Gasteiger partial charge in [-0.05, 0) is 23.3 Å². The molecule has 2 aromatic rings. The first-order valence-electron chi connectivity index (χ1n) is 6.40. The maximum atomic E-state index is 11.5. The van der Waals surface area contributed by atoms with Gasteiger partial charge in [-0.25, -0.2) is 0 Å². The molecule has 0 saturated carbocycles. The van der Waals surface area contributed by atoms with Crippen molar-refractivity contribution in [2.75, 3.05) is 6.54 Å². The van der Waals surface area contributed by atoms with Gasteiger partial charge in [0.25, 0.3) is 0 Å². The molecule has 0 spiro atoms. The molecule has 1 atom stereocenters. The minimum Gasteiger partial charge on any atom is -0.481 e. The number of thiophene rings is 1. The van der Waals surface area contributed by atoms with Crippen molar-refractivity contribution in [1.29, 1.82) is 0 Å². The summed E-state index contributed by atoms with van der Waals surface area (Å²) < 4.78 is 0.771. The Morgan fingerprint density at radius 1 is 1.35 bits per heavy atom. The van der Waals surface area contributed by atoms with E-state index in [0.29, 0.717) is 6.54 Å². The van der Waals surface area contributed by atoms with Crippen LogP contribution in [0, 0.1) is 0 Å². The van der Waals surface area contributed by atoms with E-state index in [2.05, 4.69) is 4.90 Å². The number of hydrogen-bond donors (Lipinski definition) is 1. The Labute approximate surface area is 126 Å². The van der Waals surface area contributed by atoms with Crippen LogP contribution in [-0.2, 0) is 17.9 Å². The molecule has 0 fully saturated rings. The molecule has 1 aromatic carbocycles. The monoisotopic (exact) mass is 307 g/mol. The summed E-state index contributed by atoms with van der Waals surface area (Å²) >= 11 is 7.49. The predicted octanol–water partition coefficient (Wildman–Crippen LogP) is 3.59. The van der Waals surface area contributed by atoms with Crippen LogP contribution in [0.2, 0.25) is 4.34 Å². The van der Waals surface area contributed by atoms with Crippen molar-refractivity contribution < 1.29 is 9.90 Å². The van der Waals surface area contributed by atoms with E-state index in [1.807, 2.05) is 36.4 Å². The third-order valence-electron chi connectivity index (χ3n) is 3.57. The molecule has 0 saturated heterocycles. The summed E-state index contributed by atoms with van der Waals surface area (Å²) in [4.78, 5) is 14.8. The Morgan fingerprint density at radius 3 is 2.85 bits per heavy atom. The summed E-state index contributed by atoms with van der Waals surface area (Å²) in [6.45, 7) is 2.08. The lowest BCUT2D eigenvalue weighted by molar-refractivity contribution is -0.139. The van der Waals surface area contributed by atoms with Gasteiger partial charge in [0.2, 0.25) is 0 Å². The minimum atomic E-state index is -0.758. The second-order valence-electron chi connectivity index (χ2n) is 4.97. The highest BCUT2D eigenvalue weighted by atomic mass is 35.5. The van der Waals surface area contributed by atoms with Crippen molar-refractivity contribution in [1.82, 2.24) is 4.90 Å². The summed E-state index contributed by atoms with van der Waals surface area (Å²) in [5.74, 6) is -1.21. The summed E-state index contributed by atoms with van der Waals surface area (Å²) in [7, 11) is 0. The van der Waals surface area contributed by atoms with E-state index in [4.69, 9.17) is 11.6 Å². The SMILES string of the molecule is O=C(O)C1CN(Cc2ccc(Cl)s2)Cc2ccccc21. The zero-order chi connectivity index (χ0) is 14.1. The van der Waals surface area contributed by atoms with Crippen LogP contribution in [0.15, 0.2) is 36.4 Å². The topological polar surface area (TPSA) is 40.5 Å². The summed E-state index contributed by atoms with van der Waals surface area (Å²) in [5, 5.41) is 9.43. The molecule has 0 aliphatic carbocycles. The Balaban J connectivity index is 1.84. The number of nitrogens with zero attached hydrogens (tertiary/aromatic N) is 1. The van der Waals surface area contributed by atoms with Gasteiger partial charge in [-0.2, -0.15) is 0 Å². The fourth-order valence-corrected chi connectivity index (χ4v) is 3.80. The van der Waals surface area contributed by atoms with Crippen molar-refractivity contribution in [2.24, 2.45) is 0 Å². The maximum absolute atomic E-state index is 11.5. The van der Waals surface area contributed by atoms with E-state index >= 15 is 0 Å². The lowest BCUT2D eigenvalue weighted by Crippen LogP contribution is -2.36. The van der Waals surface area contributed by atoms with Gasteiger partial charge in [-0.3, -0.25) is 9.69 Å². The van der Waals surface area contributed by atoms with Crippen molar-refractivity contribution >= 4 is 28.9 Å². The van der Waals surface area contributed by atoms with E-state index in [9.17, 15) is 9.90 Å². The third-order valence-corrected chi connectivity index (χ3v) is 4.79. The van der Waals surface area contributed by atoms with Crippen LogP contribution in [0.25, 0.3) is 0 Å². The Hall–Kier alpha value is -1.36. The number of carboxylic acid groups (broad SMARTS) is 1. The number of hydrogen-bond acceptors (Lipinski definition) is 3. The lowest BCUT2D eigenvalue weighted by atomic mass is 9.90. The van der Waals surface area contributed by atoms with Crippen molar-refractivity contribution in [3.8, 4) is 0 Å². The van der Waals surface area contributed by atoms with Crippen LogP contribution in [0.4, 0.5) is 0 Å². The molecule has 0 radical (unpaired) electrons. The normalized spacial score (nSPS) is 18.8. The van der Waals surface area contributed by atoms with Gasteiger partial charge in [0.05, 0.1) is 10.3 Å². The van der Waals surface area contributed by atoms with Gasteiger partial charge in [0.1, 0.15) is 0 Å². The number of fused-ring (bicyclic) bond motifs is 1. The summed E-state index contributed by atoms with van der Waals surface area (Å²) in [6.07, 6.45) is 0. The number of benzene rings is 1. The van der Waals surface area contributed by atoms with E-state index in [1.54, 1.807) is 11.3 Å². The number of carbonyl (C=O) groups is 1. The number of halogens is 1. The maximum Gasteiger partial charge on any atom is 0.312 e.